The molecule has 0 saturated carbocycles. The minimum atomic E-state index is 0.143. The van der Waals surface area contributed by atoms with Gasteiger partial charge in [-0.25, -0.2) is 9.97 Å². The summed E-state index contributed by atoms with van der Waals surface area (Å²) in [7, 11) is 0. The fourth-order valence-electron chi connectivity index (χ4n) is 3.28. The van der Waals surface area contributed by atoms with Crippen molar-refractivity contribution in [2.75, 3.05) is 24.5 Å². The van der Waals surface area contributed by atoms with Gasteiger partial charge in [0.15, 0.2) is 0 Å². The minimum Gasteiger partial charge on any atom is -0.340 e. The Hall–Kier alpha value is -2.44. The Morgan fingerprint density at radius 3 is 2.86 bits per heavy atom. The van der Waals surface area contributed by atoms with E-state index in [1.807, 2.05) is 27.9 Å². The molecule has 2 aromatic rings. The van der Waals surface area contributed by atoms with E-state index in [4.69, 9.17) is 0 Å². The molecule has 0 spiro atoms. The first-order valence-corrected chi connectivity index (χ1v) is 7.63. The Balaban J connectivity index is 1.59. The molecule has 22 heavy (non-hydrogen) atoms. The maximum absolute atomic E-state index is 11.9. The third-order valence-electron chi connectivity index (χ3n) is 4.32. The largest absolute Gasteiger partial charge is 0.340 e. The van der Waals surface area contributed by atoms with Gasteiger partial charge in [0.25, 0.3) is 0 Å². The van der Waals surface area contributed by atoms with Gasteiger partial charge in [-0.15, -0.1) is 0 Å². The van der Waals surface area contributed by atoms with E-state index in [0.29, 0.717) is 13.0 Å². The third-order valence-corrected chi connectivity index (χ3v) is 4.32. The van der Waals surface area contributed by atoms with Crippen LogP contribution in [0.4, 0.5) is 5.95 Å². The molecule has 0 bridgehead atoms. The second kappa shape index (κ2) is 5.40. The zero-order valence-electron chi connectivity index (χ0n) is 12.3. The van der Waals surface area contributed by atoms with Crippen molar-refractivity contribution in [1.82, 2.24) is 24.6 Å². The van der Waals surface area contributed by atoms with Crippen LogP contribution in [0.1, 0.15) is 24.6 Å². The first kappa shape index (κ1) is 13.2. The van der Waals surface area contributed by atoms with Gasteiger partial charge < -0.3 is 9.80 Å². The molecule has 4 rings (SSSR count). The summed E-state index contributed by atoms with van der Waals surface area (Å²) in [5.41, 5.74) is 1.13. The van der Waals surface area contributed by atoms with Crippen molar-refractivity contribution >= 4 is 11.9 Å². The van der Waals surface area contributed by atoms with Gasteiger partial charge >= 0.3 is 0 Å². The van der Waals surface area contributed by atoms with Crippen LogP contribution in [0.25, 0.3) is 0 Å². The van der Waals surface area contributed by atoms with E-state index in [1.165, 1.54) is 0 Å². The fraction of sp³-hybridized carbons (Fsp3) is 0.467. The topological polar surface area (TPSA) is 67.2 Å². The van der Waals surface area contributed by atoms with E-state index in [2.05, 4.69) is 20.0 Å². The SMILES string of the molecule is O=C1CCCN1CC1CN(c2ncccn2)Cc2ccnn21. The summed E-state index contributed by atoms with van der Waals surface area (Å²) >= 11 is 0. The number of likely N-dealkylation sites (tertiary alicyclic amines) is 1. The predicted molar refractivity (Wildman–Crippen MR) is 80.2 cm³/mol. The first-order valence-electron chi connectivity index (χ1n) is 7.63. The number of fused-ring (bicyclic) bond motifs is 1. The van der Waals surface area contributed by atoms with Gasteiger partial charge in [-0.3, -0.25) is 9.48 Å². The number of carbonyl (C=O) groups is 1. The quantitative estimate of drug-likeness (QED) is 0.840. The van der Waals surface area contributed by atoms with Crippen LogP contribution in [-0.4, -0.2) is 50.2 Å². The smallest absolute Gasteiger partial charge is 0.225 e. The lowest BCUT2D eigenvalue weighted by Gasteiger charge is -2.35. The number of amides is 1. The highest BCUT2D eigenvalue weighted by Crippen LogP contribution is 2.25. The van der Waals surface area contributed by atoms with E-state index in [9.17, 15) is 4.79 Å². The molecule has 2 aliphatic heterocycles. The number of hydrogen-bond donors (Lipinski definition) is 0. The lowest BCUT2D eigenvalue weighted by molar-refractivity contribution is -0.128. The standard InChI is InChI=1S/C15H18N6O/c22-14-3-1-8-19(14)10-13-11-20(15-16-5-2-6-17-15)9-12-4-7-18-21(12)13/h2,4-7,13H,1,3,8-11H2. The molecule has 1 unspecified atom stereocenters. The average Bonchev–Trinajstić information content (AvgIpc) is 3.17. The Bertz CT molecular complexity index is 670. The number of anilines is 1. The highest BCUT2D eigenvalue weighted by molar-refractivity contribution is 5.78. The van der Waals surface area contributed by atoms with Gasteiger partial charge in [0.1, 0.15) is 0 Å². The molecule has 7 heteroatoms. The van der Waals surface area contributed by atoms with Crippen LogP contribution in [0.15, 0.2) is 30.7 Å². The van der Waals surface area contributed by atoms with E-state index < -0.39 is 0 Å². The second-order valence-corrected chi connectivity index (χ2v) is 5.79. The summed E-state index contributed by atoms with van der Waals surface area (Å²) in [4.78, 5) is 24.7. The molecular formula is C15H18N6O. The normalized spacial score (nSPS) is 21.3. The minimum absolute atomic E-state index is 0.143. The zero-order valence-corrected chi connectivity index (χ0v) is 12.3. The van der Waals surface area contributed by atoms with Gasteiger partial charge in [-0.1, -0.05) is 0 Å². The number of nitrogens with zero attached hydrogens (tertiary/aromatic N) is 6. The number of aromatic nitrogens is 4. The molecule has 2 aromatic heterocycles. The van der Waals surface area contributed by atoms with Crippen molar-refractivity contribution in [1.29, 1.82) is 0 Å². The molecule has 7 nitrogen and oxygen atoms in total. The molecule has 0 aliphatic carbocycles. The summed E-state index contributed by atoms with van der Waals surface area (Å²) in [5.74, 6) is 0.981. The maximum Gasteiger partial charge on any atom is 0.225 e. The molecule has 0 radical (unpaired) electrons. The highest BCUT2D eigenvalue weighted by atomic mass is 16.2. The number of hydrogen-bond acceptors (Lipinski definition) is 5. The molecule has 2 aliphatic rings. The Morgan fingerprint density at radius 2 is 2.09 bits per heavy atom. The van der Waals surface area contributed by atoms with Crippen LogP contribution in [0.5, 0.6) is 0 Å². The first-order chi connectivity index (χ1) is 10.8. The molecule has 0 N–H and O–H groups in total. The zero-order chi connectivity index (χ0) is 14.9. The van der Waals surface area contributed by atoms with E-state index >= 15 is 0 Å². The molecular weight excluding hydrogens is 280 g/mol. The lowest BCUT2D eigenvalue weighted by Crippen LogP contribution is -2.44. The monoisotopic (exact) mass is 298 g/mol. The fourth-order valence-corrected chi connectivity index (χ4v) is 3.28. The van der Waals surface area contributed by atoms with Crippen molar-refractivity contribution in [3.63, 3.8) is 0 Å². The van der Waals surface area contributed by atoms with Gasteiger partial charge in [-0.2, -0.15) is 5.10 Å². The molecule has 0 aromatic carbocycles. The summed E-state index contributed by atoms with van der Waals surface area (Å²) in [6.07, 6.45) is 6.97. The average molecular weight is 298 g/mol. The Kier molecular flexibility index (Phi) is 3.25. The van der Waals surface area contributed by atoms with Crippen molar-refractivity contribution < 1.29 is 4.79 Å². The van der Waals surface area contributed by atoms with Crippen LogP contribution in [0, 0.1) is 0 Å². The lowest BCUT2D eigenvalue weighted by atomic mass is 10.2. The van der Waals surface area contributed by atoms with E-state index in [0.717, 1.165) is 37.7 Å². The molecule has 1 saturated heterocycles. The highest BCUT2D eigenvalue weighted by Gasteiger charge is 2.31. The molecule has 4 heterocycles. The maximum atomic E-state index is 11.9. The van der Waals surface area contributed by atoms with E-state index in [1.54, 1.807) is 12.4 Å². The molecule has 1 amide bonds. The Labute approximate surface area is 128 Å². The van der Waals surface area contributed by atoms with Gasteiger partial charge in [0.2, 0.25) is 11.9 Å². The summed E-state index contributed by atoms with van der Waals surface area (Å²) in [5, 5.41) is 4.44. The van der Waals surface area contributed by atoms with Crippen LogP contribution in [-0.2, 0) is 11.3 Å². The van der Waals surface area contributed by atoms with E-state index in [-0.39, 0.29) is 11.9 Å². The van der Waals surface area contributed by atoms with Crippen molar-refractivity contribution in [3.8, 4) is 0 Å². The number of rotatable bonds is 3. The van der Waals surface area contributed by atoms with Crippen LogP contribution in [0.2, 0.25) is 0 Å². The summed E-state index contributed by atoms with van der Waals surface area (Å²) < 4.78 is 2.05. The molecule has 1 atom stereocenters. The third kappa shape index (κ3) is 2.32. The molecule has 1 fully saturated rings. The van der Waals surface area contributed by atoms with Crippen LogP contribution < -0.4 is 4.90 Å². The molecule has 114 valence electrons. The summed E-state index contributed by atoms with van der Waals surface area (Å²) in [6, 6.07) is 3.98. The van der Waals surface area contributed by atoms with Gasteiger partial charge in [-0.05, 0) is 18.6 Å². The van der Waals surface area contributed by atoms with Crippen molar-refractivity contribution in [3.05, 3.63) is 36.4 Å². The summed E-state index contributed by atoms with van der Waals surface area (Å²) in [6.45, 7) is 3.07. The van der Waals surface area contributed by atoms with Crippen molar-refractivity contribution in [2.45, 2.75) is 25.4 Å². The second-order valence-electron chi connectivity index (χ2n) is 5.79. The van der Waals surface area contributed by atoms with Gasteiger partial charge in [0, 0.05) is 44.6 Å². The predicted octanol–water partition coefficient (Wildman–Crippen LogP) is 0.857. The Morgan fingerprint density at radius 1 is 1.23 bits per heavy atom. The van der Waals surface area contributed by atoms with Crippen LogP contribution >= 0.6 is 0 Å². The number of carbonyl (C=O) groups excluding carboxylic acids is 1. The van der Waals surface area contributed by atoms with Crippen LogP contribution in [0.3, 0.4) is 0 Å². The van der Waals surface area contributed by atoms with Gasteiger partial charge in [0.05, 0.1) is 18.3 Å². The van der Waals surface area contributed by atoms with Crippen molar-refractivity contribution in [2.24, 2.45) is 0 Å².